The van der Waals surface area contributed by atoms with Gasteiger partial charge in [0.25, 0.3) is 11.7 Å². The highest BCUT2D eigenvalue weighted by Crippen LogP contribution is 2.39. The summed E-state index contributed by atoms with van der Waals surface area (Å²) < 4.78 is 19.1. The van der Waals surface area contributed by atoms with Gasteiger partial charge in [0.1, 0.15) is 17.3 Å². The van der Waals surface area contributed by atoms with Crippen molar-refractivity contribution in [3.63, 3.8) is 0 Å². The van der Waals surface area contributed by atoms with Crippen molar-refractivity contribution in [2.45, 2.75) is 39.8 Å². The monoisotopic (exact) mass is 454 g/mol. The summed E-state index contributed by atoms with van der Waals surface area (Å²) in [6.07, 6.45) is 0.00836. The number of rotatable bonds is 9. The van der Waals surface area contributed by atoms with Gasteiger partial charge in [-0.05, 0) is 68.9 Å². The number of carbonyl (C=O) groups excluding carboxylic acids is 2. The van der Waals surface area contributed by atoms with E-state index in [9.17, 15) is 19.1 Å². The zero-order valence-corrected chi connectivity index (χ0v) is 19.5. The largest absolute Gasteiger partial charge is 0.507 e. The molecule has 7 heteroatoms. The Labute approximate surface area is 194 Å². The van der Waals surface area contributed by atoms with Gasteiger partial charge >= 0.3 is 0 Å². The number of hydrogen-bond acceptors (Lipinski definition) is 5. The van der Waals surface area contributed by atoms with E-state index in [1.165, 1.54) is 29.2 Å². The van der Waals surface area contributed by atoms with Gasteiger partial charge in [-0.15, -0.1) is 0 Å². The van der Waals surface area contributed by atoms with Crippen molar-refractivity contribution in [1.29, 1.82) is 0 Å². The first-order chi connectivity index (χ1) is 15.8. The molecule has 176 valence electrons. The lowest BCUT2D eigenvalue weighted by atomic mass is 9.95. The summed E-state index contributed by atoms with van der Waals surface area (Å²) in [4.78, 5) is 29.7. The molecule has 0 aromatic heterocycles. The molecule has 0 bridgehead atoms. The fourth-order valence-electron chi connectivity index (χ4n) is 4.01. The molecule has 33 heavy (non-hydrogen) atoms. The maximum absolute atomic E-state index is 13.4. The van der Waals surface area contributed by atoms with E-state index in [4.69, 9.17) is 4.74 Å². The molecular weight excluding hydrogens is 423 g/mol. The topological polar surface area (TPSA) is 70.1 Å². The van der Waals surface area contributed by atoms with E-state index in [2.05, 4.69) is 4.90 Å². The van der Waals surface area contributed by atoms with Crippen LogP contribution in [0.2, 0.25) is 0 Å². The Morgan fingerprint density at radius 2 is 1.67 bits per heavy atom. The smallest absolute Gasteiger partial charge is 0.295 e. The van der Waals surface area contributed by atoms with E-state index in [0.29, 0.717) is 24.4 Å². The molecule has 1 aliphatic heterocycles. The average Bonchev–Trinajstić information content (AvgIpc) is 3.05. The van der Waals surface area contributed by atoms with Crippen LogP contribution >= 0.6 is 0 Å². The van der Waals surface area contributed by atoms with Crippen LogP contribution in [0.4, 0.5) is 4.39 Å². The molecule has 3 rings (SSSR count). The third-order valence-corrected chi connectivity index (χ3v) is 5.78. The molecule has 2 aromatic carbocycles. The minimum atomic E-state index is -0.751. The van der Waals surface area contributed by atoms with Gasteiger partial charge in [0.2, 0.25) is 0 Å². The molecule has 1 N–H and O–H groups in total. The van der Waals surface area contributed by atoms with E-state index in [1.807, 2.05) is 27.7 Å². The highest BCUT2D eigenvalue weighted by Gasteiger charge is 2.45. The maximum atomic E-state index is 13.4. The van der Waals surface area contributed by atoms with Crippen LogP contribution in [-0.4, -0.2) is 58.9 Å². The van der Waals surface area contributed by atoms with Crippen LogP contribution in [0.3, 0.4) is 0 Å². The maximum Gasteiger partial charge on any atom is 0.295 e. The van der Waals surface area contributed by atoms with Crippen LogP contribution < -0.4 is 4.74 Å². The number of aliphatic hydroxyl groups excluding tert-OH is 1. The molecule has 0 unspecified atom stereocenters. The summed E-state index contributed by atoms with van der Waals surface area (Å²) in [6, 6.07) is 11.6. The molecule has 0 radical (unpaired) electrons. The van der Waals surface area contributed by atoms with E-state index in [-0.39, 0.29) is 23.0 Å². The number of amides is 1. The second-order valence-corrected chi connectivity index (χ2v) is 8.26. The Hall–Kier alpha value is -3.19. The summed E-state index contributed by atoms with van der Waals surface area (Å²) in [6.45, 7) is 10.5. The molecular formula is C26H31FN2O4. The molecule has 1 saturated heterocycles. The number of halogens is 1. The number of Topliss-reactive ketones (excluding diaryl/α,β-unsaturated/α-hetero) is 1. The first-order valence-electron chi connectivity index (χ1n) is 11.3. The number of likely N-dealkylation sites (tertiary alicyclic amines) is 1. The van der Waals surface area contributed by atoms with Gasteiger partial charge in [0, 0.05) is 18.7 Å². The van der Waals surface area contributed by atoms with Crippen LogP contribution in [0.1, 0.15) is 44.9 Å². The molecule has 0 aliphatic carbocycles. The van der Waals surface area contributed by atoms with Crippen LogP contribution in [0.5, 0.6) is 5.75 Å². The fourth-order valence-corrected chi connectivity index (χ4v) is 4.01. The quantitative estimate of drug-likeness (QED) is 0.346. The normalized spacial score (nSPS) is 17.9. The van der Waals surface area contributed by atoms with E-state index in [1.54, 1.807) is 24.3 Å². The Morgan fingerprint density at radius 3 is 2.21 bits per heavy atom. The van der Waals surface area contributed by atoms with Crippen molar-refractivity contribution in [3.05, 3.63) is 71.0 Å². The molecule has 1 fully saturated rings. The zero-order valence-electron chi connectivity index (χ0n) is 19.5. The highest BCUT2D eigenvalue weighted by atomic mass is 19.1. The van der Waals surface area contributed by atoms with Crippen molar-refractivity contribution in [2.75, 3.05) is 26.2 Å². The van der Waals surface area contributed by atoms with Gasteiger partial charge in [-0.25, -0.2) is 4.39 Å². The second-order valence-electron chi connectivity index (χ2n) is 8.26. The predicted molar refractivity (Wildman–Crippen MR) is 125 cm³/mol. The van der Waals surface area contributed by atoms with Crippen molar-refractivity contribution in [1.82, 2.24) is 9.80 Å². The van der Waals surface area contributed by atoms with Crippen LogP contribution in [0, 0.1) is 5.82 Å². The number of benzene rings is 2. The number of hydrogen-bond donors (Lipinski definition) is 1. The molecule has 2 aromatic rings. The Morgan fingerprint density at radius 1 is 1.06 bits per heavy atom. The van der Waals surface area contributed by atoms with Gasteiger partial charge in [0.15, 0.2) is 0 Å². The summed E-state index contributed by atoms with van der Waals surface area (Å²) in [5.74, 6) is -1.50. The summed E-state index contributed by atoms with van der Waals surface area (Å²) in [7, 11) is 0. The average molecular weight is 455 g/mol. The lowest BCUT2D eigenvalue weighted by Gasteiger charge is -2.28. The first kappa shape index (κ1) is 24.5. The van der Waals surface area contributed by atoms with Crippen LogP contribution in [-0.2, 0) is 9.59 Å². The standard InChI is InChI=1S/C26H31FN2O4/c1-5-28(6-2)15-16-29-23(18-9-13-21(14-10-18)33-17(3)4)22(25(31)26(29)32)24(30)19-7-11-20(27)12-8-19/h7-14,17,23,30H,5-6,15-16H2,1-4H3/t23-/m1/s1. The highest BCUT2D eigenvalue weighted by molar-refractivity contribution is 6.46. The third-order valence-electron chi connectivity index (χ3n) is 5.78. The number of ketones is 1. The van der Waals surface area contributed by atoms with Crippen molar-refractivity contribution in [2.24, 2.45) is 0 Å². The Balaban J connectivity index is 2.06. The van der Waals surface area contributed by atoms with Crippen molar-refractivity contribution >= 4 is 17.4 Å². The minimum absolute atomic E-state index is 0.00341. The zero-order chi connectivity index (χ0) is 24.1. The minimum Gasteiger partial charge on any atom is -0.507 e. The summed E-state index contributed by atoms with van der Waals surface area (Å²) in [5.41, 5.74) is 0.972. The predicted octanol–water partition coefficient (Wildman–Crippen LogP) is 4.38. The van der Waals surface area contributed by atoms with E-state index >= 15 is 0 Å². The molecule has 1 aliphatic rings. The van der Waals surface area contributed by atoms with Gasteiger partial charge < -0.3 is 19.6 Å². The van der Waals surface area contributed by atoms with Crippen LogP contribution in [0.25, 0.3) is 5.76 Å². The van der Waals surface area contributed by atoms with Gasteiger partial charge in [0.05, 0.1) is 17.7 Å². The SMILES string of the molecule is CCN(CC)CCN1C(=O)C(=O)C(=C(O)c2ccc(F)cc2)[C@H]1c1ccc(OC(C)C)cc1. The molecule has 1 heterocycles. The number of aliphatic hydroxyl groups is 1. The molecule has 0 saturated carbocycles. The Bertz CT molecular complexity index is 1010. The molecule has 6 nitrogen and oxygen atoms in total. The van der Waals surface area contributed by atoms with Crippen molar-refractivity contribution < 1.29 is 23.8 Å². The summed E-state index contributed by atoms with van der Waals surface area (Å²) in [5, 5.41) is 11.0. The first-order valence-corrected chi connectivity index (χ1v) is 11.3. The Kier molecular flexibility index (Phi) is 7.87. The fraction of sp³-hybridized carbons (Fsp3) is 0.385. The van der Waals surface area contributed by atoms with Gasteiger partial charge in [-0.1, -0.05) is 26.0 Å². The lowest BCUT2D eigenvalue weighted by molar-refractivity contribution is -0.140. The number of nitrogens with zero attached hydrogens (tertiary/aromatic N) is 2. The van der Waals surface area contributed by atoms with E-state index in [0.717, 1.165) is 13.1 Å². The lowest BCUT2D eigenvalue weighted by Crippen LogP contribution is -2.38. The van der Waals surface area contributed by atoms with Gasteiger partial charge in [-0.2, -0.15) is 0 Å². The second kappa shape index (κ2) is 10.6. The summed E-state index contributed by atoms with van der Waals surface area (Å²) >= 11 is 0. The molecule has 1 atom stereocenters. The number of likely N-dealkylation sites (N-methyl/N-ethyl adjacent to an activating group) is 1. The van der Waals surface area contributed by atoms with Crippen molar-refractivity contribution in [3.8, 4) is 5.75 Å². The number of ether oxygens (including phenoxy) is 1. The number of carbonyl (C=O) groups is 2. The molecule has 0 spiro atoms. The molecule has 1 amide bonds. The van der Waals surface area contributed by atoms with Crippen LogP contribution in [0.15, 0.2) is 54.1 Å². The van der Waals surface area contributed by atoms with E-state index < -0.39 is 23.5 Å². The van der Waals surface area contributed by atoms with Gasteiger partial charge in [-0.3, -0.25) is 9.59 Å². The third kappa shape index (κ3) is 5.42.